The first kappa shape index (κ1) is 13.7. The number of carbonyl (C=O) groups is 1. The molecular weight excluding hydrogens is 309 g/mol. The van der Waals surface area contributed by atoms with Crippen LogP contribution in [0.3, 0.4) is 0 Å². The smallest absolute Gasteiger partial charge is 0.255 e. The highest BCUT2D eigenvalue weighted by Gasteiger charge is 2.10. The molecule has 2 nitrogen and oxygen atoms in total. The fraction of sp³-hybridized carbons (Fsp3) is 0.133. The molecule has 0 aromatic heterocycles. The maximum atomic E-state index is 13.4. The number of amides is 1. The van der Waals surface area contributed by atoms with Crippen LogP contribution in [0.25, 0.3) is 0 Å². The molecule has 0 heterocycles. The molecule has 0 aliphatic carbocycles. The minimum atomic E-state index is -0.331. The third-order valence-corrected chi connectivity index (χ3v) is 3.80. The maximum absolute atomic E-state index is 13.4. The molecule has 1 amide bonds. The van der Waals surface area contributed by atoms with E-state index in [1.165, 1.54) is 6.07 Å². The monoisotopic (exact) mass is 321 g/mol. The summed E-state index contributed by atoms with van der Waals surface area (Å²) in [5.41, 5.74) is 2.50. The predicted molar refractivity (Wildman–Crippen MR) is 78.0 cm³/mol. The van der Waals surface area contributed by atoms with Crippen LogP contribution in [0.1, 0.15) is 21.5 Å². The minimum Gasteiger partial charge on any atom is -0.322 e. The van der Waals surface area contributed by atoms with Crippen molar-refractivity contribution < 1.29 is 9.18 Å². The number of anilines is 1. The van der Waals surface area contributed by atoms with E-state index in [1.54, 1.807) is 31.2 Å². The maximum Gasteiger partial charge on any atom is 0.255 e. The molecule has 0 spiro atoms. The van der Waals surface area contributed by atoms with E-state index in [1.807, 2.05) is 13.0 Å². The molecule has 0 saturated carbocycles. The van der Waals surface area contributed by atoms with Gasteiger partial charge in [-0.3, -0.25) is 4.79 Å². The first-order valence-corrected chi connectivity index (χ1v) is 6.61. The number of hydrogen-bond donors (Lipinski definition) is 1. The van der Waals surface area contributed by atoms with Crippen molar-refractivity contribution in [2.45, 2.75) is 13.8 Å². The third kappa shape index (κ3) is 3.01. The second-order valence-electron chi connectivity index (χ2n) is 4.33. The standard InChI is InChI=1S/C15H13BrFNO/c1-9-6-7-11(8-12(9)16)15(19)18-14-5-3-4-13(17)10(14)2/h3-8H,1-2H3,(H,18,19). The van der Waals surface area contributed by atoms with Crippen molar-refractivity contribution in [3.63, 3.8) is 0 Å². The first-order valence-electron chi connectivity index (χ1n) is 5.81. The van der Waals surface area contributed by atoms with Gasteiger partial charge in [0, 0.05) is 21.3 Å². The summed E-state index contributed by atoms with van der Waals surface area (Å²) in [6.07, 6.45) is 0. The molecule has 4 heteroatoms. The van der Waals surface area contributed by atoms with Gasteiger partial charge in [0.1, 0.15) is 5.82 Å². The number of nitrogens with one attached hydrogen (secondary N) is 1. The van der Waals surface area contributed by atoms with Crippen molar-refractivity contribution >= 4 is 27.5 Å². The average molecular weight is 322 g/mol. The Bertz CT molecular complexity index is 640. The van der Waals surface area contributed by atoms with Crippen molar-refractivity contribution in [2.24, 2.45) is 0 Å². The van der Waals surface area contributed by atoms with E-state index < -0.39 is 0 Å². The number of aryl methyl sites for hydroxylation is 1. The van der Waals surface area contributed by atoms with Crippen molar-refractivity contribution in [3.05, 3.63) is 63.4 Å². The number of benzene rings is 2. The second-order valence-corrected chi connectivity index (χ2v) is 5.18. The summed E-state index contributed by atoms with van der Waals surface area (Å²) in [5.74, 6) is -0.586. The minimum absolute atomic E-state index is 0.255. The fourth-order valence-corrected chi connectivity index (χ4v) is 2.05. The van der Waals surface area contributed by atoms with Gasteiger partial charge in [-0.1, -0.05) is 28.1 Å². The first-order chi connectivity index (χ1) is 8.99. The molecule has 1 N–H and O–H groups in total. The highest BCUT2D eigenvalue weighted by atomic mass is 79.9. The van der Waals surface area contributed by atoms with Gasteiger partial charge in [-0.2, -0.15) is 0 Å². The molecule has 0 bridgehead atoms. The summed E-state index contributed by atoms with van der Waals surface area (Å²) in [6, 6.07) is 9.97. The predicted octanol–water partition coefficient (Wildman–Crippen LogP) is 4.46. The zero-order chi connectivity index (χ0) is 14.0. The van der Waals surface area contributed by atoms with Crippen molar-refractivity contribution in [3.8, 4) is 0 Å². The van der Waals surface area contributed by atoms with Gasteiger partial charge >= 0.3 is 0 Å². The van der Waals surface area contributed by atoms with Gasteiger partial charge in [0.05, 0.1) is 0 Å². The lowest BCUT2D eigenvalue weighted by molar-refractivity contribution is 0.102. The van der Waals surface area contributed by atoms with E-state index in [9.17, 15) is 9.18 Å². The summed E-state index contributed by atoms with van der Waals surface area (Å²) in [6.45, 7) is 3.58. The molecule has 0 atom stereocenters. The molecule has 0 saturated heterocycles. The lowest BCUT2D eigenvalue weighted by Gasteiger charge is -2.09. The van der Waals surface area contributed by atoms with Crippen LogP contribution < -0.4 is 5.32 Å². The van der Waals surface area contributed by atoms with E-state index in [4.69, 9.17) is 0 Å². The van der Waals surface area contributed by atoms with Crippen LogP contribution in [0.5, 0.6) is 0 Å². The van der Waals surface area contributed by atoms with Crippen LogP contribution in [0, 0.1) is 19.7 Å². The average Bonchev–Trinajstić information content (AvgIpc) is 2.38. The Labute approximate surface area is 119 Å². The van der Waals surface area contributed by atoms with Crippen LogP contribution in [-0.2, 0) is 0 Å². The van der Waals surface area contributed by atoms with Crippen molar-refractivity contribution in [1.29, 1.82) is 0 Å². The fourth-order valence-electron chi connectivity index (χ4n) is 1.67. The Morgan fingerprint density at radius 1 is 1.21 bits per heavy atom. The molecule has 98 valence electrons. The van der Waals surface area contributed by atoms with Gasteiger partial charge in [0.2, 0.25) is 0 Å². The lowest BCUT2D eigenvalue weighted by Crippen LogP contribution is -2.13. The number of hydrogen-bond acceptors (Lipinski definition) is 1. The van der Waals surface area contributed by atoms with Gasteiger partial charge in [0.25, 0.3) is 5.91 Å². The molecule has 0 aliphatic rings. The molecule has 19 heavy (non-hydrogen) atoms. The van der Waals surface area contributed by atoms with Gasteiger partial charge in [-0.25, -0.2) is 4.39 Å². The van der Waals surface area contributed by atoms with E-state index in [0.717, 1.165) is 10.0 Å². The Balaban J connectivity index is 2.26. The molecule has 2 rings (SSSR count). The summed E-state index contributed by atoms with van der Waals surface area (Å²) >= 11 is 3.39. The summed E-state index contributed by atoms with van der Waals surface area (Å²) in [5, 5.41) is 2.71. The van der Waals surface area contributed by atoms with Crippen LogP contribution >= 0.6 is 15.9 Å². The normalized spacial score (nSPS) is 10.3. The Morgan fingerprint density at radius 2 is 1.95 bits per heavy atom. The van der Waals surface area contributed by atoms with E-state index in [0.29, 0.717) is 16.8 Å². The zero-order valence-electron chi connectivity index (χ0n) is 10.6. The molecule has 0 unspecified atom stereocenters. The second kappa shape index (κ2) is 5.53. The Kier molecular flexibility index (Phi) is 4.00. The quantitative estimate of drug-likeness (QED) is 0.869. The molecule has 2 aromatic rings. The molecule has 0 aliphatic heterocycles. The third-order valence-electron chi connectivity index (χ3n) is 2.95. The molecular formula is C15H13BrFNO. The number of halogens is 2. The molecule has 2 aromatic carbocycles. The highest BCUT2D eigenvalue weighted by Crippen LogP contribution is 2.21. The molecule has 0 radical (unpaired) electrons. The van der Waals surface area contributed by atoms with Crippen LogP contribution in [0.4, 0.5) is 10.1 Å². The highest BCUT2D eigenvalue weighted by molar-refractivity contribution is 9.10. The van der Waals surface area contributed by atoms with Gasteiger partial charge in [-0.15, -0.1) is 0 Å². The van der Waals surface area contributed by atoms with Gasteiger partial charge in [0.15, 0.2) is 0 Å². The van der Waals surface area contributed by atoms with Gasteiger partial charge < -0.3 is 5.32 Å². The van der Waals surface area contributed by atoms with E-state index in [-0.39, 0.29) is 11.7 Å². The van der Waals surface area contributed by atoms with E-state index >= 15 is 0 Å². The number of carbonyl (C=O) groups excluding carboxylic acids is 1. The SMILES string of the molecule is Cc1ccc(C(=O)Nc2cccc(F)c2C)cc1Br. The Hall–Kier alpha value is -1.68. The van der Waals surface area contributed by atoms with Crippen molar-refractivity contribution in [1.82, 2.24) is 0 Å². The van der Waals surface area contributed by atoms with E-state index in [2.05, 4.69) is 21.2 Å². The molecule has 0 fully saturated rings. The Morgan fingerprint density at radius 3 is 2.63 bits per heavy atom. The summed E-state index contributed by atoms with van der Waals surface area (Å²) < 4.78 is 14.3. The topological polar surface area (TPSA) is 29.1 Å². The van der Waals surface area contributed by atoms with Crippen LogP contribution in [-0.4, -0.2) is 5.91 Å². The summed E-state index contributed by atoms with van der Waals surface area (Å²) in [4.78, 5) is 12.1. The summed E-state index contributed by atoms with van der Waals surface area (Å²) in [7, 11) is 0. The number of rotatable bonds is 2. The zero-order valence-corrected chi connectivity index (χ0v) is 12.2. The largest absolute Gasteiger partial charge is 0.322 e. The van der Waals surface area contributed by atoms with Crippen LogP contribution in [0.2, 0.25) is 0 Å². The van der Waals surface area contributed by atoms with Crippen LogP contribution in [0.15, 0.2) is 40.9 Å². The van der Waals surface area contributed by atoms with Gasteiger partial charge in [-0.05, 0) is 43.7 Å². The lowest BCUT2D eigenvalue weighted by atomic mass is 10.1. The van der Waals surface area contributed by atoms with Crippen molar-refractivity contribution in [2.75, 3.05) is 5.32 Å².